The number of hydrogen-bond donors (Lipinski definition) is 2. The highest BCUT2D eigenvalue weighted by Crippen LogP contribution is 2.35. The van der Waals surface area contributed by atoms with Crippen LogP contribution in [0.15, 0.2) is 36.7 Å². The zero-order valence-corrected chi connectivity index (χ0v) is 13.0. The number of rotatable bonds is 3. The molecule has 0 atom stereocenters. The van der Waals surface area contributed by atoms with Gasteiger partial charge >= 0.3 is 0 Å². The van der Waals surface area contributed by atoms with E-state index in [4.69, 9.17) is 27.9 Å². The maximum atomic E-state index is 9.82. The molecule has 5 nitrogen and oxygen atoms in total. The van der Waals surface area contributed by atoms with Gasteiger partial charge in [-0.15, -0.1) is 0 Å². The van der Waals surface area contributed by atoms with Crippen LogP contribution in [0.4, 0.5) is 11.5 Å². The van der Waals surface area contributed by atoms with E-state index in [-0.39, 0.29) is 5.75 Å². The van der Waals surface area contributed by atoms with Gasteiger partial charge in [-0.3, -0.25) is 0 Å². The molecule has 7 heteroatoms. The molecule has 0 unspecified atom stereocenters. The highest BCUT2D eigenvalue weighted by Gasteiger charge is 2.11. The third-order valence-corrected chi connectivity index (χ3v) is 3.67. The number of phenolic OH excluding ortho intramolecular Hbond substituents is 1. The van der Waals surface area contributed by atoms with Crippen LogP contribution < -0.4 is 10.1 Å². The van der Waals surface area contributed by atoms with Crippen LogP contribution in [0.2, 0.25) is 10.0 Å². The number of aromatic hydroxyl groups is 1. The molecule has 0 aliphatic carbocycles. The summed E-state index contributed by atoms with van der Waals surface area (Å²) in [6.45, 7) is 0. The maximum Gasteiger partial charge on any atom is 0.161 e. The predicted octanol–water partition coefficient (Wildman–Crippen LogP) is 4.39. The van der Waals surface area contributed by atoms with E-state index in [9.17, 15) is 5.11 Å². The number of anilines is 2. The molecular weight excluding hydrogens is 325 g/mol. The van der Waals surface area contributed by atoms with Gasteiger partial charge in [-0.25, -0.2) is 9.97 Å². The number of nitrogens with one attached hydrogen (secondary N) is 1. The first-order valence-corrected chi connectivity index (χ1v) is 7.08. The van der Waals surface area contributed by atoms with Gasteiger partial charge in [0.1, 0.15) is 12.1 Å². The number of phenols is 1. The third-order valence-electron chi connectivity index (χ3n) is 3.12. The molecule has 0 amide bonds. The first-order chi connectivity index (χ1) is 10.6. The van der Waals surface area contributed by atoms with Gasteiger partial charge in [0.25, 0.3) is 0 Å². The SMILES string of the molecule is COc1cc2c(Nc3ccc(Cl)cc3Cl)ncnc2cc1O. The standard InChI is InChI=1S/C15H11Cl2N3O2/c1-22-14-5-9-12(6-13(14)21)18-7-19-15(9)20-11-3-2-8(16)4-10(11)17/h2-7,21H,1H3,(H,18,19,20). The fraction of sp³-hybridized carbons (Fsp3) is 0.0667. The van der Waals surface area contributed by atoms with Crippen molar-refractivity contribution < 1.29 is 9.84 Å². The normalized spacial score (nSPS) is 10.7. The van der Waals surface area contributed by atoms with Gasteiger partial charge in [-0.2, -0.15) is 0 Å². The van der Waals surface area contributed by atoms with Crippen molar-refractivity contribution in [2.45, 2.75) is 0 Å². The van der Waals surface area contributed by atoms with Crippen molar-refractivity contribution >= 4 is 45.6 Å². The lowest BCUT2D eigenvalue weighted by molar-refractivity contribution is 0.374. The summed E-state index contributed by atoms with van der Waals surface area (Å²) in [6.07, 6.45) is 1.40. The summed E-state index contributed by atoms with van der Waals surface area (Å²) in [6, 6.07) is 8.31. The van der Waals surface area contributed by atoms with Crippen molar-refractivity contribution in [2.75, 3.05) is 12.4 Å². The Hall–Kier alpha value is -2.24. The largest absolute Gasteiger partial charge is 0.504 e. The van der Waals surface area contributed by atoms with Crippen molar-refractivity contribution in [2.24, 2.45) is 0 Å². The van der Waals surface area contributed by atoms with E-state index >= 15 is 0 Å². The first kappa shape index (κ1) is 14.7. The number of nitrogens with zero attached hydrogens (tertiary/aromatic N) is 2. The molecule has 2 aromatic carbocycles. The lowest BCUT2D eigenvalue weighted by atomic mass is 10.2. The Labute approximate surface area is 136 Å². The summed E-state index contributed by atoms with van der Waals surface area (Å²) in [4.78, 5) is 8.36. The Morgan fingerprint density at radius 2 is 1.95 bits per heavy atom. The van der Waals surface area contributed by atoms with E-state index in [1.54, 1.807) is 24.3 Å². The average molecular weight is 336 g/mol. The summed E-state index contributed by atoms with van der Waals surface area (Å²) < 4.78 is 5.12. The van der Waals surface area contributed by atoms with Gasteiger partial charge in [-0.05, 0) is 24.3 Å². The van der Waals surface area contributed by atoms with Crippen LogP contribution in [0.5, 0.6) is 11.5 Å². The second kappa shape index (κ2) is 5.87. The first-order valence-electron chi connectivity index (χ1n) is 6.32. The van der Waals surface area contributed by atoms with Crippen LogP contribution in [-0.2, 0) is 0 Å². The fourth-order valence-corrected chi connectivity index (χ4v) is 2.51. The van der Waals surface area contributed by atoms with Gasteiger partial charge in [-0.1, -0.05) is 23.2 Å². The second-order valence-electron chi connectivity index (χ2n) is 4.51. The molecule has 0 bridgehead atoms. The number of hydrogen-bond acceptors (Lipinski definition) is 5. The topological polar surface area (TPSA) is 67.3 Å². The number of fused-ring (bicyclic) bond motifs is 1. The highest BCUT2D eigenvalue weighted by atomic mass is 35.5. The Kier molecular flexibility index (Phi) is 3.92. The van der Waals surface area contributed by atoms with E-state index in [0.717, 1.165) is 0 Å². The van der Waals surface area contributed by atoms with Crippen LogP contribution in [0.1, 0.15) is 0 Å². The van der Waals surface area contributed by atoms with Gasteiger partial charge in [0, 0.05) is 16.5 Å². The zero-order chi connectivity index (χ0) is 15.7. The molecule has 0 fully saturated rings. The van der Waals surface area contributed by atoms with Crippen LogP contribution in [-0.4, -0.2) is 22.2 Å². The van der Waals surface area contributed by atoms with E-state index < -0.39 is 0 Å². The van der Waals surface area contributed by atoms with E-state index in [1.807, 2.05) is 0 Å². The second-order valence-corrected chi connectivity index (χ2v) is 5.36. The van der Waals surface area contributed by atoms with Gasteiger partial charge in [0.05, 0.1) is 23.3 Å². The van der Waals surface area contributed by atoms with E-state index in [2.05, 4.69) is 15.3 Å². The average Bonchev–Trinajstić information content (AvgIpc) is 2.49. The molecule has 3 rings (SSSR count). The molecule has 0 spiro atoms. The number of benzene rings is 2. The Morgan fingerprint density at radius 3 is 2.68 bits per heavy atom. The fourth-order valence-electron chi connectivity index (χ4n) is 2.05. The minimum absolute atomic E-state index is 0.0178. The molecule has 0 saturated carbocycles. The molecule has 0 aliphatic heterocycles. The number of ether oxygens (including phenoxy) is 1. The molecule has 1 aromatic heterocycles. The highest BCUT2D eigenvalue weighted by molar-refractivity contribution is 6.36. The number of methoxy groups -OCH3 is 1. The van der Waals surface area contributed by atoms with E-state index in [1.165, 1.54) is 19.5 Å². The molecule has 112 valence electrons. The van der Waals surface area contributed by atoms with Crippen molar-refractivity contribution in [3.05, 3.63) is 46.7 Å². The van der Waals surface area contributed by atoms with Crippen molar-refractivity contribution in [3.8, 4) is 11.5 Å². The van der Waals surface area contributed by atoms with Crippen LogP contribution in [0.3, 0.4) is 0 Å². The van der Waals surface area contributed by atoms with Crippen molar-refractivity contribution in [1.29, 1.82) is 0 Å². The number of aromatic nitrogens is 2. The Balaban J connectivity index is 2.10. The minimum Gasteiger partial charge on any atom is -0.504 e. The summed E-state index contributed by atoms with van der Waals surface area (Å²) >= 11 is 12.0. The zero-order valence-electron chi connectivity index (χ0n) is 11.5. The summed E-state index contributed by atoms with van der Waals surface area (Å²) in [5, 5.41) is 14.7. The van der Waals surface area contributed by atoms with Gasteiger partial charge in [0.2, 0.25) is 0 Å². The van der Waals surface area contributed by atoms with Crippen molar-refractivity contribution in [3.63, 3.8) is 0 Å². The lowest BCUT2D eigenvalue weighted by Crippen LogP contribution is -1.97. The molecule has 0 aliphatic rings. The minimum atomic E-state index is 0.0178. The van der Waals surface area contributed by atoms with Crippen LogP contribution in [0, 0.1) is 0 Å². The number of halogens is 2. The van der Waals surface area contributed by atoms with E-state index in [0.29, 0.717) is 38.2 Å². The molecule has 0 saturated heterocycles. The van der Waals surface area contributed by atoms with Crippen molar-refractivity contribution in [1.82, 2.24) is 9.97 Å². The van der Waals surface area contributed by atoms with Crippen LogP contribution in [0.25, 0.3) is 10.9 Å². The molecular formula is C15H11Cl2N3O2. The van der Waals surface area contributed by atoms with Crippen LogP contribution >= 0.6 is 23.2 Å². The van der Waals surface area contributed by atoms with Gasteiger partial charge < -0.3 is 15.2 Å². The third kappa shape index (κ3) is 2.73. The molecule has 3 aromatic rings. The Bertz CT molecular complexity index is 856. The smallest absolute Gasteiger partial charge is 0.161 e. The lowest BCUT2D eigenvalue weighted by Gasteiger charge is -2.11. The molecule has 22 heavy (non-hydrogen) atoms. The van der Waals surface area contributed by atoms with Gasteiger partial charge in [0.15, 0.2) is 11.5 Å². The maximum absolute atomic E-state index is 9.82. The summed E-state index contributed by atoms with van der Waals surface area (Å²) in [5.74, 6) is 0.907. The predicted molar refractivity (Wildman–Crippen MR) is 87.5 cm³/mol. The molecule has 1 heterocycles. The quantitative estimate of drug-likeness (QED) is 0.742. The molecule has 0 radical (unpaired) electrons. The Morgan fingerprint density at radius 1 is 1.14 bits per heavy atom. The molecule has 2 N–H and O–H groups in total. The monoisotopic (exact) mass is 335 g/mol. The summed E-state index contributed by atoms with van der Waals surface area (Å²) in [7, 11) is 1.48. The summed E-state index contributed by atoms with van der Waals surface area (Å²) in [5.41, 5.74) is 1.25.